The summed E-state index contributed by atoms with van der Waals surface area (Å²) in [7, 11) is 0. The normalized spacial score (nSPS) is 11.0. The Morgan fingerprint density at radius 1 is 1.22 bits per heavy atom. The Morgan fingerprint density at radius 2 is 1.91 bits per heavy atom. The van der Waals surface area contributed by atoms with Gasteiger partial charge >= 0.3 is 0 Å². The molecule has 5 nitrogen and oxygen atoms in total. The summed E-state index contributed by atoms with van der Waals surface area (Å²) in [6, 6.07) is 5.95. The van der Waals surface area contributed by atoms with E-state index in [1.165, 1.54) is 0 Å². The summed E-state index contributed by atoms with van der Waals surface area (Å²) in [5.41, 5.74) is 3.73. The number of oxazole rings is 1. The van der Waals surface area contributed by atoms with Gasteiger partial charge in [-0.2, -0.15) is 0 Å². The van der Waals surface area contributed by atoms with Gasteiger partial charge in [-0.3, -0.25) is 4.79 Å². The maximum absolute atomic E-state index is 12.5. The maximum atomic E-state index is 12.5. The smallest absolute Gasteiger partial charge is 0.254 e. The fourth-order valence-electron chi connectivity index (χ4n) is 2.50. The van der Waals surface area contributed by atoms with Gasteiger partial charge in [0.2, 0.25) is 5.89 Å². The molecule has 0 aliphatic heterocycles. The van der Waals surface area contributed by atoms with Crippen molar-refractivity contribution in [2.45, 2.75) is 34.2 Å². The topological polar surface area (TPSA) is 60.1 Å². The molecule has 0 spiro atoms. The molecule has 0 aliphatic rings. The summed E-state index contributed by atoms with van der Waals surface area (Å²) >= 11 is 1.56. The molecular weight excluding hydrogens is 310 g/mol. The maximum Gasteiger partial charge on any atom is 0.254 e. The Morgan fingerprint density at radius 3 is 2.52 bits per heavy atom. The van der Waals surface area contributed by atoms with Crippen molar-refractivity contribution in [3.8, 4) is 5.00 Å². The number of nitrogens with zero attached hydrogens (tertiary/aromatic N) is 2. The Bertz CT molecular complexity index is 818. The van der Waals surface area contributed by atoms with Crippen LogP contribution in [0.25, 0.3) is 5.00 Å². The molecule has 0 aliphatic carbocycles. The second kappa shape index (κ2) is 6.04. The lowest BCUT2D eigenvalue weighted by Gasteiger charge is -2.10. The number of amides is 1. The van der Waals surface area contributed by atoms with E-state index < -0.39 is 0 Å². The number of hydrogen-bond acceptors (Lipinski definition) is 4. The lowest BCUT2D eigenvalue weighted by Crippen LogP contribution is -2.23. The van der Waals surface area contributed by atoms with E-state index in [0.717, 1.165) is 27.8 Å². The van der Waals surface area contributed by atoms with Gasteiger partial charge in [-0.25, -0.2) is 4.98 Å². The summed E-state index contributed by atoms with van der Waals surface area (Å²) < 4.78 is 7.59. The summed E-state index contributed by atoms with van der Waals surface area (Å²) in [4.78, 5) is 16.8. The van der Waals surface area contributed by atoms with Gasteiger partial charge in [-0.15, -0.1) is 11.3 Å². The van der Waals surface area contributed by atoms with E-state index in [-0.39, 0.29) is 12.5 Å². The molecule has 1 N–H and O–H groups in total. The standard InChI is InChI=1S/C17H19N3O2S/c1-10-5-6-11(2)20(10)17-14(7-8-23-17)16(21)18-9-15-19-12(3)13(4)22-15/h5-8H,9H2,1-4H3,(H,18,21). The fourth-order valence-corrected chi connectivity index (χ4v) is 3.52. The molecule has 120 valence electrons. The molecule has 0 aromatic carbocycles. The molecule has 0 bridgehead atoms. The minimum Gasteiger partial charge on any atom is -0.444 e. The van der Waals surface area contributed by atoms with Crippen LogP contribution in [0.15, 0.2) is 28.0 Å². The zero-order valence-corrected chi connectivity index (χ0v) is 14.5. The largest absolute Gasteiger partial charge is 0.444 e. The van der Waals surface area contributed by atoms with Crippen LogP contribution in [0.5, 0.6) is 0 Å². The monoisotopic (exact) mass is 329 g/mol. The van der Waals surface area contributed by atoms with Crippen LogP contribution in [-0.4, -0.2) is 15.5 Å². The van der Waals surface area contributed by atoms with Crippen LogP contribution < -0.4 is 5.32 Å². The van der Waals surface area contributed by atoms with Gasteiger partial charge in [0.05, 0.1) is 17.8 Å². The molecule has 0 radical (unpaired) electrons. The number of carbonyl (C=O) groups excluding carboxylic acids is 1. The summed E-state index contributed by atoms with van der Waals surface area (Å²) in [6.07, 6.45) is 0. The Labute approximate surface area is 139 Å². The van der Waals surface area contributed by atoms with E-state index in [4.69, 9.17) is 4.42 Å². The Hall–Kier alpha value is -2.34. The van der Waals surface area contributed by atoms with E-state index in [9.17, 15) is 4.79 Å². The molecule has 0 atom stereocenters. The molecule has 3 aromatic rings. The highest BCUT2D eigenvalue weighted by molar-refractivity contribution is 7.13. The average Bonchev–Trinajstić information content (AvgIpc) is 3.18. The summed E-state index contributed by atoms with van der Waals surface area (Å²) in [6.45, 7) is 8.10. The highest BCUT2D eigenvalue weighted by atomic mass is 32.1. The number of rotatable bonds is 4. The second-order valence-electron chi connectivity index (χ2n) is 5.52. The van der Waals surface area contributed by atoms with Gasteiger partial charge in [0, 0.05) is 11.4 Å². The number of aryl methyl sites for hydroxylation is 4. The predicted octanol–water partition coefficient (Wildman–Crippen LogP) is 3.69. The van der Waals surface area contributed by atoms with Gasteiger partial charge < -0.3 is 14.3 Å². The van der Waals surface area contributed by atoms with Gasteiger partial charge in [-0.1, -0.05) is 0 Å². The first-order valence-corrected chi connectivity index (χ1v) is 8.29. The van der Waals surface area contributed by atoms with Gasteiger partial charge in [0.15, 0.2) is 0 Å². The second-order valence-corrected chi connectivity index (χ2v) is 6.42. The molecule has 3 aromatic heterocycles. The predicted molar refractivity (Wildman–Crippen MR) is 90.3 cm³/mol. The molecule has 1 amide bonds. The van der Waals surface area contributed by atoms with Gasteiger partial charge in [0.25, 0.3) is 5.91 Å². The summed E-state index contributed by atoms with van der Waals surface area (Å²) in [5.74, 6) is 1.18. The first-order valence-electron chi connectivity index (χ1n) is 7.41. The van der Waals surface area contributed by atoms with Crippen molar-refractivity contribution in [2.24, 2.45) is 0 Å². The van der Waals surface area contributed by atoms with Crippen molar-refractivity contribution < 1.29 is 9.21 Å². The number of hydrogen-bond donors (Lipinski definition) is 1. The van der Waals surface area contributed by atoms with Crippen molar-refractivity contribution in [3.05, 3.63) is 57.9 Å². The molecule has 3 heterocycles. The van der Waals surface area contributed by atoms with Crippen LogP contribution in [0.1, 0.15) is 39.1 Å². The third-order valence-corrected chi connectivity index (χ3v) is 4.73. The first-order chi connectivity index (χ1) is 11.0. The number of carbonyl (C=O) groups is 1. The highest BCUT2D eigenvalue weighted by Crippen LogP contribution is 2.26. The number of thiophene rings is 1. The van der Waals surface area contributed by atoms with Crippen molar-refractivity contribution in [3.63, 3.8) is 0 Å². The number of aromatic nitrogens is 2. The van der Waals surface area contributed by atoms with E-state index in [0.29, 0.717) is 11.5 Å². The SMILES string of the molecule is Cc1nc(CNC(=O)c2ccsc2-n2c(C)ccc2C)oc1C. The van der Waals surface area contributed by atoms with Crippen molar-refractivity contribution in [1.29, 1.82) is 0 Å². The van der Waals surface area contributed by atoms with Crippen LogP contribution >= 0.6 is 11.3 Å². The average molecular weight is 329 g/mol. The molecule has 23 heavy (non-hydrogen) atoms. The highest BCUT2D eigenvalue weighted by Gasteiger charge is 2.17. The zero-order chi connectivity index (χ0) is 16.6. The van der Waals surface area contributed by atoms with Gasteiger partial charge in [0.1, 0.15) is 10.8 Å². The minimum atomic E-state index is -0.123. The molecule has 3 rings (SSSR count). The third-order valence-electron chi connectivity index (χ3n) is 3.84. The molecule has 6 heteroatoms. The lowest BCUT2D eigenvalue weighted by atomic mass is 10.3. The Kier molecular flexibility index (Phi) is 4.09. The lowest BCUT2D eigenvalue weighted by molar-refractivity contribution is 0.0947. The first kappa shape index (κ1) is 15.6. The van der Waals surface area contributed by atoms with Crippen LogP contribution in [0.4, 0.5) is 0 Å². The van der Waals surface area contributed by atoms with Crippen LogP contribution in [0, 0.1) is 27.7 Å². The van der Waals surface area contributed by atoms with E-state index in [1.54, 1.807) is 11.3 Å². The molecule has 0 unspecified atom stereocenters. The van der Waals surface area contributed by atoms with Crippen molar-refractivity contribution in [2.75, 3.05) is 0 Å². The molecule has 0 saturated carbocycles. The van der Waals surface area contributed by atoms with Crippen LogP contribution in [-0.2, 0) is 6.54 Å². The third kappa shape index (κ3) is 2.94. The molecule has 0 fully saturated rings. The fraction of sp³-hybridized carbons (Fsp3) is 0.294. The molecular formula is C17H19N3O2S. The van der Waals surface area contributed by atoms with E-state index >= 15 is 0 Å². The van der Waals surface area contributed by atoms with Crippen molar-refractivity contribution in [1.82, 2.24) is 14.9 Å². The summed E-state index contributed by atoms with van der Waals surface area (Å²) in [5, 5.41) is 5.75. The number of nitrogens with one attached hydrogen (secondary N) is 1. The van der Waals surface area contributed by atoms with Gasteiger partial charge in [-0.05, 0) is 51.3 Å². The Balaban J connectivity index is 1.80. The molecule has 0 saturated heterocycles. The quantitative estimate of drug-likeness (QED) is 0.794. The van der Waals surface area contributed by atoms with E-state index in [1.807, 2.05) is 39.1 Å². The minimum absolute atomic E-state index is 0.123. The van der Waals surface area contributed by atoms with Crippen molar-refractivity contribution >= 4 is 17.2 Å². The van der Waals surface area contributed by atoms with Crippen LogP contribution in [0.3, 0.4) is 0 Å². The van der Waals surface area contributed by atoms with Crippen LogP contribution in [0.2, 0.25) is 0 Å². The van der Waals surface area contributed by atoms with E-state index in [2.05, 4.69) is 27.0 Å². The zero-order valence-electron chi connectivity index (χ0n) is 13.6.